The molecule has 0 saturated heterocycles. The standard InChI is InChI=1S/C14H21N3O5S/c1-3-5-8-22-11(18)7-6-10-13(20)15-14(17-16-10)23-9-12(19)21-4-2/h3-9H2,1-2H3,(H,15,17,20). The fourth-order valence-corrected chi connectivity index (χ4v) is 2.13. The molecule has 0 radical (unpaired) electrons. The number of unbranched alkanes of at least 4 members (excludes halogenated alkanes) is 1. The minimum Gasteiger partial charge on any atom is -0.466 e. The number of carbonyl (C=O) groups is 2. The quantitative estimate of drug-likeness (QED) is 0.382. The van der Waals surface area contributed by atoms with Gasteiger partial charge in [0.2, 0.25) is 0 Å². The van der Waals surface area contributed by atoms with Gasteiger partial charge in [-0.2, -0.15) is 0 Å². The van der Waals surface area contributed by atoms with Crippen molar-refractivity contribution in [3.63, 3.8) is 0 Å². The molecule has 0 aromatic carbocycles. The molecule has 1 N–H and O–H groups in total. The summed E-state index contributed by atoms with van der Waals surface area (Å²) in [6, 6.07) is 0. The van der Waals surface area contributed by atoms with Crippen molar-refractivity contribution >= 4 is 23.7 Å². The molecule has 0 atom stereocenters. The molecule has 0 fully saturated rings. The average Bonchev–Trinajstić information content (AvgIpc) is 2.52. The molecular weight excluding hydrogens is 322 g/mol. The highest BCUT2D eigenvalue weighted by molar-refractivity contribution is 7.99. The first-order chi connectivity index (χ1) is 11.1. The van der Waals surface area contributed by atoms with Gasteiger partial charge in [0, 0.05) is 6.42 Å². The summed E-state index contributed by atoms with van der Waals surface area (Å²) in [5.74, 6) is -0.707. The first-order valence-corrected chi connectivity index (χ1v) is 8.45. The van der Waals surface area contributed by atoms with E-state index in [-0.39, 0.29) is 41.4 Å². The van der Waals surface area contributed by atoms with Crippen LogP contribution in [0, 0.1) is 0 Å². The van der Waals surface area contributed by atoms with Crippen LogP contribution < -0.4 is 5.56 Å². The van der Waals surface area contributed by atoms with Gasteiger partial charge in [-0.3, -0.25) is 19.4 Å². The summed E-state index contributed by atoms with van der Waals surface area (Å²) in [6.07, 6.45) is 2.01. The van der Waals surface area contributed by atoms with Crippen LogP contribution >= 0.6 is 11.8 Å². The zero-order valence-electron chi connectivity index (χ0n) is 13.3. The Hall–Kier alpha value is -1.90. The number of aromatic amines is 1. The van der Waals surface area contributed by atoms with Crippen molar-refractivity contribution in [2.75, 3.05) is 19.0 Å². The van der Waals surface area contributed by atoms with Crippen LogP contribution in [0.25, 0.3) is 0 Å². The molecule has 0 aliphatic carbocycles. The maximum atomic E-state index is 11.8. The number of hydrogen-bond donors (Lipinski definition) is 1. The van der Waals surface area contributed by atoms with E-state index >= 15 is 0 Å². The van der Waals surface area contributed by atoms with Gasteiger partial charge in [-0.15, -0.1) is 10.2 Å². The monoisotopic (exact) mass is 343 g/mol. The number of hydrogen-bond acceptors (Lipinski definition) is 8. The molecule has 0 bridgehead atoms. The zero-order valence-corrected chi connectivity index (χ0v) is 14.1. The third-order valence-electron chi connectivity index (χ3n) is 2.70. The topological polar surface area (TPSA) is 111 Å². The van der Waals surface area contributed by atoms with Gasteiger partial charge in [0.15, 0.2) is 5.16 Å². The van der Waals surface area contributed by atoms with Gasteiger partial charge in [0.25, 0.3) is 5.56 Å². The molecule has 1 rings (SSSR count). The molecule has 9 heteroatoms. The van der Waals surface area contributed by atoms with Crippen LogP contribution in [0.4, 0.5) is 0 Å². The minimum atomic E-state index is -0.423. The number of H-pyrrole nitrogens is 1. The number of aryl methyl sites for hydroxylation is 1. The molecule has 1 heterocycles. The number of nitrogens with one attached hydrogen (secondary N) is 1. The molecule has 0 saturated carbocycles. The van der Waals surface area contributed by atoms with Gasteiger partial charge >= 0.3 is 11.9 Å². The second-order valence-electron chi connectivity index (χ2n) is 4.57. The van der Waals surface area contributed by atoms with Crippen molar-refractivity contribution in [2.24, 2.45) is 0 Å². The summed E-state index contributed by atoms with van der Waals surface area (Å²) >= 11 is 1.03. The van der Waals surface area contributed by atoms with Gasteiger partial charge in [0.05, 0.1) is 25.4 Å². The molecule has 0 aliphatic rings. The van der Waals surface area contributed by atoms with E-state index in [0.29, 0.717) is 13.2 Å². The van der Waals surface area contributed by atoms with E-state index < -0.39 is 5.56 Å². The predicted octanol–water partition coefficient (Wildman–Crippen LogP) is 1.10. The fourth-order valence-electron chi connectivity index (χ4n) is 1.53. The Morgan fingerprint density at radius 2 is 1.96 bits per heavy atom. The van der Waals surface area contributed by atoms with Crippen LogP contribution in [-0.4, -0.2) is 46.1 Å². The number of thioether (sulfide) groups is 1. The van der Waals surface area contributed by atoms with E-state index in [1.807, 2.05) is 6.92 Å². The predicted molar refractivity (Wildman–Crippen MR) is 84.2 cm³/mol. The lowest BCUT2D eigenvalue weighted by atomic mass is 10.2. The van der Waals surface area contributed by atoms with Crippen LogP contribution in [0.5, 0.6) is 0 Å². The number of carbonyl (C=O) groups excluding carboxylic acids is 2. The molecule has 0 unspecified atom stereocenters. The molecule has 128 valence electrons. The summed E-state index contributed by atoms with van der Waals surface area (Å²) in [7, 11) is 0. The SMILES string of the molecule is CCCCOC(=O)CCc1nnc(SCC(=O)OCC)[nH]c1=O. The van der Waals surface area contributed by atoms with E-state index in [1.165, 1.54) is 0 Å². The number of esters is 2. The Morgan fingerprint density at radius 3 is 2.61 bits per heavy atom. The third kappa shape index (κ3) is 7.78. The Labute approximate surface area is 138 Å². The van der Waals surface area contributed by atoms with Crippen molar-refractivity contribution < 1.29 is 19.1 Å². The second-order valence-corrected chi connectivity index (χ2v) is 5.54. The molecule has 0 spiro atoms. The summed E-state index contributed by atoms with van der Waals surface area (Å²) in [6.45, 7) is 4.41. The van der Waals surface area contributed by atoms with Gasteiger partial charge < -0.3 is 9.47 Å². The fraction of sp³-hybridized carbons (Fsp3) is 0.643. The van der Waals surface area contributed by atoms with E-state index in [1.54, 1.807) is 6.92 Å². The average molecular weight is 343 g/mol. The minimum absolute atomic E-state index is 0.0432. The normalized spacial score (nSPS) is 10.3. The molecule has 1 aromatic heterocycles. The Kier molecular flexibility index (Phi) is 8.96. The van der Waals surface area contributed by atoms with Crippen LogP contribution in [0.2, 0.25) is 0 Å². The number of nitrogens with zero attached hydrogens (tertiary/aromatic N) is 2. The van der Waals surface area contributed by atoms with Crippen LogP contribution in [0.3, 0.4) is 0 Å². The molecule has 0 aliphatic heterocycles. The Bertz CT molecular complexity index is 576. The molecule has 1 aromatic rings. The molecular formula is C14H21N3O5S. The van der Waals surface area contributed by atoms with Crippen LogP contribution in [0.1, 0.15) is 38.8 Å². The smallest absolute Gasteiger partial charge is 0.316 e. The summed E-state index contributed by atoms with van der Waals surface area (Å²) in [4.78, 5) is 37.1. The second kappa shape index (κ2) is 10.8. The lowest BCUT2D eigenvalue weighted by molar-refractivity contribution is -0.143. The van der Waals surface area contributed by atoms with Gasteiger partial charge in [-0.1, -0.05) is 25.1 Å². The van der Waals surface area contributed by atoms with Crippen molar-refractivity contribution in [3.8, 4) is 0 Å². The first-order valence-electron chi connectivity index (χ1n) is 7.46. The number of aromatic nitrogens is 3. The third-order valence-corrected chi connectivity index (χ3v) is 3.54. The lowest BCUT2D eigenvalue weighted by Crippen LogP contribution is -2.19. The van der Waals surface area contributed by atoms with E-state index in [0.717, 1.165) is 24.6 Å². The highest BCUT2D eigenvalue weighted by Gasteiger charge is 2.11. The maximum absolute atomic E-state index is 11.8. The Balaban J connectivity index is 2.45. The van der Waals surface area contributed by atoms with E-state index in [4.69, 9.17) is 9.47 Å². The highest BCUT2D eigenvalue weighted by Crippen LogP contribution is 2.10. The largest absolute Gasteiger partial charge is 0.466 e. The summed E-state index contributed by atoms with van der Waals surface area (Å²) in [5.41, 5.74) is -0.259. The van der Waals surface area contributed by atoms with Gasteiger partial charge in [0.1, 0.15) is 5.69 Å². The van der Waals surface area contributed by atoms with Crippen molar-refractivity contribution in [1.82, 2.24) is 15.2 Å². The number of ether oxygens (including phenoxy) is 2. The van der Waals surface area contributed by atoms with Crippen molar-refractivity contribution in [1.29, 1.82) is 0 Å². The highest BCUT2D eigenvalue weighted by atomic mass is 32.2. The number of rotatable bonds is 10. The van der Waals surface area contributed by atoms with Gasteiger partial charge in [-0.25, -0.2) is 0 Å². The van der Waals surface area contributed by atoms with Crippen molar-refractivity contribution in [3.05, 3.63) is 16.0 Å². The molecule has 23 heavy (non-hydrogen) atoms. The first kappa shape index (κ1) is 19.1. The van der Waals surface area contributed by atoms with Crippen molar-refractivity contribution in [2.45, 2.75) is 44.7 Å². The molecule has 8 nitrogen and oxygen atoms in total. The molecule has 0 amide bonds. The van der Waals surface area contributed by atoms with Crippen LogP contribution in [0.15, 0.2) is 9.95 Å². The van der Waals surface area contributed by atoms with E-state index in [9.17, 15) is 14.4 Å². The summed E-state index contributed by atoms with van der Waals surface area (Å²) in [5, 5.41) is 7.85. The summed E-state index contributed by atoms with van der Waals surface area (Å²) < 4.78 is 9.77. The van der Waals surface area contributed by atoms with E-state index in [2.05, 4.69) is 15.2 Å². The zero-order chi connectivity index (χ0) is 17.1. The van der Waals surface area contributed by atoms with Gasteiger partial charge in [-0.05, 0) is 13.3 Å². The Morgan fingerprint density at radius 1 is 1.17 bits per heavy atom. The maximum Gasteiger partial charge on any atom is 0.316 e. The lowest BCUT2D eigenvalue weighted by Gasteiger charge is -2.04. The van der Waals surface area contributed by atoms with Crippen LogP contribution in [-0.2, 0) is 25.5 Å².